The van der Waals surface area contributed by atoms with Crippen LogP contribution < -0.4 is 15.0 Å². The van der Waals surface area contributed by atoms with Gasteiger partial charge in [-0.15, -0.1) is 0 Å². The fourth-order valence-electron chi connectivity index (χ4n) is 4.10. The molecule has 0 spiro atoms. The Kier molecular flexibility index (Phi) is 5.52. The number of aromatic amines is 1. The summed E-state index contributed by atoms with van der Waals surface area (Å²) in [5, 5.41) is 2.95. The summed E-state index contributed by atoms with van der Waals surface area (Å²) in [6, 6.07) is 22.3. The van der Waals surface area contributed by atoms with Gasteiger partial charge in [-0.25, -0.2) is 4.98 Å². The van der Waals surface area contributed by atoms with Crippen molar-refractivity contribution >= 4 is 34.2 Å². The molecule has 1 atom stereocenters. The van der Waals surface area contributed by atoms with Gasteiger partial charge in [0.15, 0.2) is 6.61 Å². The highest BCUT2D eigenvalue weighted by atomic mass is 16.5. The van der Waals surface area contributed by atoms with Crippen molar-refractivity contribution in [1.82, 2.24) is 9.97 Å². The van der Waals surface area contributed by atoms with Gasteiger partial charge in [-0.2, -0.15) is 0 Å². The van der Waals surface area contributed by atoms with Gasteiger partial charge in [-0.1, -0.05) is 36.4 Å². The molecule has 7 heteroatoms. The van der Waals surface area contributed by atoms with E-state index in [-0.39, 0.29) is 18.4 Å². The Morgan fingerprint density at radius 3 is 2.79 bits per heavy atom. The minimum absolute atomic E-state index is 0.0775. The maximum Gasteiger partial charge on any atom is 0.265 e. The summed E-state index contributed by atoms with van der Waals surface area (Å²) in [7, 11) is 0. The smallest absolute Gasteiger partial charge is 0.265 e. The van der Waals surface area contributed by atoms with Gasteiger partial charge in [0, 0.05) is 12.1 Å². The van der Waals surface area contributed by atoms with E-state index in [0.29, 0.717) is 17.1 Å². The summed E-state index contributed by atoms with van der Waals surface area (Å²) in [6.45, 7) is 1.65. The molecule has 7 nitrogen and oxygen atoms in total. The van der Waals surface area contributed by atoms with Gasteiger partial charge in [0.05, 0.1) is 16.7 Å². The van der Waals surface area contributed by atoms with Gasteiger partial charge < -0.3 is 15.0 Å². The third-order valence-electron chi connectivity index (χ3n) is 5.79. The number of hydrogen-bond donors (Lipinski definition) is 2. The number of H-pyrrole nitrogens is 1. The molecule has 1 aromatic heterocycles. The largest absolute Gasteiger partial charge is 0.482 e. The van der Waals surface area contributed by atoms with Crippen LogP contribution >= 0.6 is 0 Å². The molecule has 166 valence electrons. The first-order valence-corrected chi connectivity index (χ1v) is 11.0. The molecular weight excluding hydrogens is 416 g/mol. The van der Waals surface area contributed by atoms with E-state index in [2.05, 4.69) is 15.3 Å². The summed E-state index contributed by atoms with van der Waals surface area (Å²) < 4.78 is 5.48. The van der Waals surface area contributed by atoms with E-state index in [1.165, 1.54) is 4.90 Å². The number of carbonyl (C=O) groups is 2. The maximum absolute atomic E-state index is 13.0. The molecule has 33 heavy (non-hydrogen) atoms. The zero-order valence-corrected chi connectivity index (χ0v) is 18.2. The van der Waals surface area contributed by atoms with E-state index < -0.39 is 6.04 Å². The summed E-state index contributed by atoms with van der Waals surface area (Å²) in [4.78, 5) is 35.0. The van der Waals surface area contributed by atoms with Gasteiger partial charge >= 0.3 is 0 Å². The van der Waals surface area contributed by atoms with E-state index in [4.69, 9.17) is 4.74 Å². The molecule has 0 radical (unpaired) electrons. The zero-order chi connectivity index (χ0) is 22.8. The molecule has 4 aromatic rings. The highest BCUT2D eigenvalue weighted by Gasteiger charge is 2.32. The van der Waals surface area contributed by atoms with Crippen molar-refractivity contribution in [2.75, 3.05) is 16.8 Å². The number of carbonyl (C=O) groups excluding carboxylic acids is 2. The molecule has 0 fully saturated rings. The summed E-state index contributed by atoms with van der Waals surface area (Å²) in [5.41, 5.74) is 4.39. The molecule has 2 N–H and O–H groups in total. The van der Waals surface area contributed by atoms with Crippen LogP contribution in [0.1, 0.15) is 18.3 Å². The lowest BCUT2D eigenvalue weighted by Gasteiger charge is -2.33. The molecule has 2 heterocycles. The van der Waals surface area contributed by atoms with Gasteiger partial charge in [-0.3, -0.25) is 14.5 Å². The fraction of sp³-hybridized carbons (Fsp3) is 0.192. The number of rotatable bonds is 6. The Balaban J connectivity index is 1.26. The number of imidazole rings is 1. The quantitative estimate of drug-likeness (QED) is 0.473. The number of fused-ring (bicyclic) bond motifs is 2. The number of anilines is 2. The molecule has 1 aliphatic rings. The summed E-state index contributed by atoms with van der Waals surface area (Å²) in [6.07, 6.45) is 1.55. The van der Waals surface area contributed by atoms with Crippen LogP contribution in [0.3, 0.4) is 0 Å². The minimum Gasteiger partial charge on any atom is -0.482 e. The summed E-state index contributed by atoms with van der Waals surface area (Å²) >= 11 is 0. The standard InChI is InChI=1S/C26H24N4O3/c1-17(30-22-11-4-5-12-23(22)33-16-25(30)31)26(32)27-19-8-6-7-18(15-19)13-14-24-28-20-9-2-3-10-21(20)29-24/h2-12,15,17H,13-14,16H2,1H3,(H,27,32)(H,28,29). The van der Waals surface area contributed by atoms with Crippen LogP contribution in [0, 0.1) is 0 Å². The van der Waals surface area contributed by atoms with Crippen LogP contribution in [0.4, 0.5) is 11.4 Å². The Labute approximate surface area is 191 Å². The van der Waals surface area contributed by atoms with E-state index >= 15 is 0 Å². The molecule has 0 bridgehead atoms. The normalized spacial score (nSPS) is 14.0. The first-order chi connectivity index (χ1) is 16.1. The fourth-order valence-corrected chi connectivity index (χ4v) is 4.10. The van der Waals surface area contributed by atoms with E-state index in [1.54, 1.807) is 19.1 Å². The Morgan fingerprint density at radius 1 is 1.09 bits per heavy atom. The average Bonchev–Trinajstić information content (AvgIpc) is 3.26. The SMILES string of the molecule is CC(C(=O)Nc1cccc(CCc2nc3ccccc3[nH]2)c1)N1C(=O)COc2ccccc21. The number of benzene rings is 3. The van der Waals surface area contributed by atoms with Crippen LogP contribution in [0.2, 0.25) is 0 Å². The van der Waals surface area contributed by atoms with Gasteiger partial charge in [0.1, 0.15) is 17.6 Å². The van der Waals surface area contributed by atoms with E-state index in [0.717, 1.165) is 35.3 Å². The van der Waals surface area contributed by atoms with Crippen molar-refractivity contribution in [3.8, 4) is 5.75 Å². The average molecular weight is 441 g/mol. The molecule has 0 saturated carbocycles. The predicted molar refractivity (Wildman–Crippen MR) is 127 cm³/mol. The number of amides is 2. The first-order valence-electron chi connectivity index (χ1n) is 11.0. The third-order valence-corrected chi connectivity index (χ3v) is 5.79. The lowest BCUT2D eigenvalue weighted by molar-refractivity contribution is -0.125. The predicted octanol–water partition coefficient (Wildman–Crippen LogP) is 4.10. The molecule has 3 aromatic carbocycles. The van der Waals surface area contributed by atoms with Crippen LogP contribution in [-0.4, -0.2) is 34.4 Å². The van der Waals surface area contributed by atoms with E-state index in [9.17, 15) is 9.59 Å². The Bertz CT molecular complexity index is 1300. The lowest BCUT2D eigenvalue weighted by Crippen LogP contribution is -2.49. The number of aryl methyl sites for hydroxylation is 2. The van der Waals surface area contributed by atoms with Crippen LogP contribution in [0.25, 0.3) is 11.0 Å². The van der Waals surface area contributed by atoms with Crippen LogP contribution in [0.5, 0.6) is 5.75 Å². The molecule has 1 unspecified atom stereocenters. The van der Waals surface area contributed by atoms with Crippen molar-refractivity contribution in [3.63, 3.8) is 0 Å². The molecular formula is C26H24N4O3. The van der Waals surface area contributed by atoms with Crippen molar-refractivity contribution < 1.29 is 14.3 Å². The van der Waals surface area contributed by atoms with Crippen LogP contribution in [-0.2, 0) is 22.4 Å². The number of para-hydroxylation sites is 4. The topological polar surface area (TPSA) is 87.3 Å². The summed E-state index contributed by atoms with van der Waals surface area (Å²) in [5.74, 6) is 1.04. The molecule has 2 amide bonds. The number of hydrogen-bond acceptors (Lipinski definition) is 4. The number of ether oxygens (including phenoxy) is 1. The number of nitrogens with one attached hydrogen (secondary N) is 2. The maximum atomic E-state index is 13.0. The van der Waals surface area contributed by atoms with Gasteiger partial charge in [-0.05, 0) is 55.3 Å². The Hall–Kier alpha value is -4.13. The second kappa shape index (κ2) is 8.78. The van der Waals surface area contributed by atoms with Gasteiger partial charge in [0.2, 0.25) is 5.91 Å². The third kappa shape index (κ3) is 4.30. The Morgan fingerprint density at radius 2 is 1.91 bits per heavy atom. The highest BCUT2D eigenvalue weighted by Crippen LogP contribution is 2.33. The monoisotopic (exact) mass is 440 g/mol. The van der Waals surface area contributed by atoms with Crippen molar-refractivity contribution in [2.45, 2.75) is 25.8 Å². The molecule has 5 rings (SSSR count). The molecule has 1 aliphatic heterocycles. The number of aromatic nitrogens is 2. The highest BCUT2D eigenvalue weighted by molar-refractivity contribution is 6.06. The molecule has 0 saturated heterocycles. The lowest BCUT2D eigenvalue weighted by atomic mass is 10.1. The zero-order valence-electron chi connectivity index (χ0n) is 18.2. The van der Waals surface area contributed by atoms with E-state index in [1.807, 2.05) is 60.7 Å². The first kappa shape index (κ1) is 20.8. The van der Waals surface area contributed by atoms with Gasteiger partial charge in [0.25, 0.3) is 5.91 Å². The van der Waals surface area contributed by atoms with Crippen LogP contribution in [0.15, 0.2) is 72.8 Å². The minimum atomic E-state index is -0.679. The second-order valence-corrected chi connectivity index (χ2v) is 8.09. The van der Waals surface area contributed by atoms with Crippen molar-refractivity contribution in [1.29, 1.82) is 0 Å². The van der Waals surface area contributed by atoms with Crippen molar-refractivity contribution in [2.24, 2.45) is 0 Å². The number of nitrogens with zero attached hydrogens (tertiary/aromatic N) is 2. The second-order valence-electron chi connectivity index (χ2n) is 8.09. The van der Waals surface area contributed by atoms with Crippen molar-refractivity contribution in [3.05, 3.63) is 84.2 Å². The molecule has 0 aliphatic carbocycles.